The monoisotopic (exact) mass is 272 g/mol. The Balaban J connectivity index is 2.48. The fourth-order valence-electron chi connectivity index (χ4n) is 2.03. The third-order valence-corrected chi connectivity index (χ3v) is 2.93. The number of nitrogens with one attached hydrogen (secondary N) is 1. The van der Waals surface area contributed by atoms with E-state index in [-0.39, 0.29) is 18.7 Å². The minimum atomic E-state index is -1.61. The van der Waals surface area contributed by atoms with Crippen LogP contribution >= 0.6 is 0 Å². The summed E-state index contributed by atoms with van der Waals surface area (Å²) in [6.07, 6.45) is 0.276. The molecule has 2 rings (SSSR count). The standard InChI is InChI=1S/C12H11F3N2O2/c1-2-9-12(19)16-5-10(18)17(9)6-3-7(13)11(15)8(14)4-6/h3-4,9H,2,5H2,1H3,(H,16,19). The third-order valence-electron chi connectivity index (χ3n) is 2.93. The zero-order valence-corrected chi connectivity index (χ0v) is 10.0. The molecule has 0 saturated carbocycles. The highest BCUT2D eigenvalue weighted by atomic mass is 19.2. The highest BCUT2D eigenvalue weighted by Gasteiger charge is 2.35. The number of hydrogen-bond acceptors (Lipinski definition) is 2. The van der Waals surface area contributed by atoms with Crippen molar-refractivity contribution in [3.8, 4) is 0 Å². The van der Waals surface area contributed by atoms with Crippen molar-refractivity contribution in [3.63, 3.8) is 0 Å². The Bertz CT molecular complexity index is 525. The van der Waals surface area contributed by atoms with Crippen LogP contribution < -0.4 is 10.2 Å². The molecule has 1 saturated heterocycles. The fraction of sp³-hybridized carbons (Fsp3) is 0.333. The zero-order valence-electron chi connectivity index (χ0n) is 10.0. The van der Waals surface area contributed by atoms with Gasteiger partial charge in [-0.25, -0.2) is 13.2 Å². The molecular formula is C12H11F3N2O2. The molecule has 1 unspecified atom stereocenters. The molecule has 0 radical (unpaired) electrons. The van der Waals surface area contributed by atoms with E-state index < -0.39 is 35.3 Å². The minimum absolute atomic E-state index is 0.164. The average molecular weight is 272 g/mol. The molecule has 19 heavy (non-hydrogen) atoms. The smallest absolute Gasteiger partial charge is 0.247 e. The summed E-state index contributed by atoms with van der Waals surface area (Å²) >= 11 is 0. The first-order valence-electron chi connectivity index (χ1n) is 5.70. The van der Waals surface area contributed by atoms with Crippen LogP contribution in [0.2, 0.25) is 0 Å². The number of benzene rings is 1. The van der Waals surface area contributed by atoms with Gasteiger partial charge in [-0.15, -0.1) is 0 Å². The normalized spacial score (nSPS) is 19.6. The number of nitrogens with zero attached hydrogens (tertiary/aromatic N) is 1. The van der Waals surface area contributed by atoms with Crippen molar-refractivity contribution in [2.24, 2.45) is 0 Å². The van der Waals surface area contributed by atoms with Gasteiger partial charge in [0.15, 0.2) is 17.5 Å². The maximum absolute atomic E-state index is 13.2. The predicted molar refractivity (Wildman–Crippen MR) is 60.9 cm³/mol. The molecule has 102 valence electrons. The molecular weight excluding hydrogens is 261 g/mol. The number of rotatable bonds is 2. The average Bonchev–Trinajstić information content (AvgIpc) is 2.37. The lowest BCUT2D eigenvalue weighted by Gasteiger charge is -2.34. The van der Waals surface area contributed by atoms with Crippen LogP contribution in [0, 0.1) is 17.5 Å². The summed E-state index contributed by atoms with van der Waals surface area (Å²) in [7, 11) is 0. The van der Waals surface area contributed by atoms with Gasteiger partial charge >= 0.3 is 0 Å². The summed E-state index contributed by atoms with van der Waals surface area (Å²) in [5.74, 6) is -5.32. The number of anilines is 1. The third kappa shape index (κ3) is 2.27. The fourth-order valence-corrected chi connectivity index (χ4v) is 2.03. The number of carbonyl (C=O) groups excluding carboxylic acids is 2. The van der Waals surface area contributed by atoms with Crippen molar-refractivity contribution in [1.82, 2.24) is 5.32 Å². The van der Waals surface area contributed by atoms with Crippen LogP contribution in [0.4, 0.5) is 18.9 Å². The van der Waals surface area contributed by atoms with Gasteiger partial charge in [-0.1, -0.05) is 6.92 Å². The topological polar surface area (TPSA) is 49.4 Å². The van der Waals surface area contributed by atoms with Gasteiger partial charge in [0.25, 0.3) is 0 Å². The zero-order chi connectivity index (χ0) is 14.2. The number of piperazine rings is 1. The van der Waals surface area contributed by atoms with Gasteiger partial charge in [-0.05, 0) is 6.42 Å². The molecule has 0 aromatic heterocycles. The van der Waals surface area contributed by atoms with E-state index in [0.717, 1.165) is 4.90 Å². The highest BCUT2D eigenvalue weighted by Crippen LogP contribution is 2.25. The van der Waals surface area contributed by atoms with Gasteiger partial charge in [-0.3, -0.25) is 14.5 Å². The van der Waals surface area contributed by atoms with Crippen LogP contribution in [0.15, 0.2) is 12.1 Å². The van der Waals surface area contributed by atoms with Crippen LogP contribution in [0.1, 0.15) is 13.3 Å². The molecule has 0 bridgehead atoms. The van der Waals surface area contributed by atoms with Crippen molar-refractivity contribution in [3.05, 3.63) is 29.6 Å². The van der Waals surface area contributed by atoms with Crippen molar-refractivity contribution in [2.45, 2.75) is 19.4 Å². The first-order valence-corrected chi connectivity index (χ1v) is 5.70. The van der Waals surface area contributed by atoms with E-state index in [1.807, 2.05) is 0 Å². The van der Waals surface area contributed by atoms with E-state index in [4.69, 9.17) is 0 Å². The molecule has 1 atom stereocenters. The predicted octanol–water partition coefficient (Wildman–Crippen LogP) is 1.35. The van der Waals surface area contributed by atoms with Crippen molar-refractivity contribution < 1.29 is 22.8 Å². The minimum Gasteiger partial charge on any atom is -0.345 e. The van der Waals surface area contributed by atoms with Crippen molar-refractivity contribution in [2.75, 3.05) is 11.4 Å². The van der Waals surface area contributed by atoms with Crippen LogP contribution in [-0.2, 0) is 9.59 Å². The second-order valence-electron chi connectivity index (χ2n) is 4.13. The Morgan fingerprint density at radius 2 is 1.84 bits per heavy atom. The summed E-state index contributed by atoms with van der Waals surface area (Å²) in [6, 6.07) is 0.556. The van der Waals surface area contributed by atoms with Crippen LogP contribution in [0.25, 0.3) is 0 Å². The maximum Gasteiger partial charge on any atom is 0.247 e. The molecule has 1 aliphatic heterocycles. The highest BCUT2D eigenvalue weighted by molar-refractivity contribution is 6.06. The van der Waals surface area contributed by atoms with Gasteiger partial charge in [0.2, 0.25) is 11.8 Å². The van der Waals surface area contributed by atoms with E-state index in [1.54, 1.807) is 6.92 Å². The largest absolute Gasteiger partial charge is 0.345 e. The van der Waals surface area contributed by atoms with E-state index >= 15 is 0 Å². The Morgan fingerprint density at radius 1 is 1.26 bits per heavy atom. The van der Waals surface area contributed by atoms with Crippen molar-refractivity contribution >= 4 is 17.5 Å². The molecule has 1 aromatic rings. The van der Waals surface area contributed by atoms with E-state index in [9.17, 15) is 22.8 Å². The lowest BCUT2D eigenvalue weighted by atomic mass is 10.1. The quantitative estimate of drug-likeness (QED) is 0.826. The molecule has 7 heteroatoms. The summed E-state index contributed by atoms with van der Waals surface area (Å²) in [5.41, 5.74) is -0.164. The molecule has 2 amide bonds. The first kappa shape index (κ1) is 13.4. The number of amides is 2. The van der Waals surface area contributed by atoms with Crippen molar-refractivity contribution in [1.29, 1.82) is 0 Å². The first-order chi connectivity index (χ1) is 8.95. The van der Waals surface area contributed by atoms with Crippen LogP contribution in [0.3, 0.4) is 0 Å². The molecule has 1 N–H and O–H groups in total. The van der Waals surface area contributed by atoms with E-state index in [2.05, 4.69) is 5.32 Å². The van der Waals surface area contributed by atoms with Gasteiger partial charge < -0.3 is 5.32 Å². The molecule has 4 nitrogen and oxygen atoms in total. The number of hydrogen-bond donors (Lipinski definition) is 1. The molecule has 1 aromatic carbocycles. The Morgan fingerprint density at radius 3 is 2.37 bits per heavy atom. The van der Waals surface area contributed by atoms with Gasteiger partial charge in [0.1, 0.15) is 6.04 Å². The van der Waals surface area contributed by atoms with E-state index in [1.165, 1.54) is 0 Å². The molecule has 0 aliphatic carbocycles. The number of carbonyl (C=O) groups is 2. The Labute approximate surface area is 107 Å². The Hall–Kier alpha value is -2.05. The summed E-state index contributed by atoms with van der Waals surface area (Å²) in [5, 5.41) is 2.38. The van der Waals surface area contributed by atoms with Gasteiger partial charge in [0, 0.05) is 12.1 Å². The Kier molecular flexibility index (Phi) is 3.46. The summed E-state index contributed by atoms with van der Waals surface area (Å²) in [4.78, 5) is 24.4. The maximum atomic E-state index is 13.2. The van der Waals surface area contributed by atoms with Gasteiger partial charge in [-0.2, -0.15) is 0 Å². The lowest BCUT2D eigenvalue weighted by molar-refractivity contribution is -0.131. The van der Waals surface area contributed by atoms with E-state index in [0.29, 0.717) is 12.1 Å². The van der Waals surface area contributed by atoms with Crippen LogP contribution in [-0.4, -0.2) is 24.4 Å². The molecule has 1 fully saturated rings. The SMILES string of the molecule is CCC1C(=O)NCC(=O)N1c1cc(F)c(F)c(F)c1. The molecule has 0 spiro atoms. The summed E-state index contributed by atoms with van der Waals surface area (Å²) in [6.45, 7) is 1.40. The second-order valence-corrected chi connectivity index (χ2v) is 4.13. The number of halogens is 3. The molecule has 1 aliphatic rings. The van der Waals surface area contributed by atoms with Gasteiger partial charge in [0.05, 0.1) is 12.2 Å². The summed E-state index contributed by atoms with van der Waals surface area (Å²) < 4.78 is 39.3. The second kappa shape index (κ2) is 4.91. The lowest BCUT2D eigenvalue weighted by Crippen LogP contribution is -2.58. The van der Waals surface area contributed by atoms with Crippen LogP contribution in [0.5, 0.6) is 0 Å². The molecule has 1 heterocycles.